The van der Waals surface area contributed by atoms with E-state index >= 15 is 0 Å². The molecule has 166 valence electrons. The van der Waals surface area contributed by atoms with Crippen molar-refractivity contribution in [2.75, 3.05) is 4.90 Å². The molecular weight excluding hydrogens is 436 g/mol. The van der Waals surface area contributed by atoms with Crippen LogP contribution in [0.2, 0.25) is 5.02 Å². The SMILES string of the molecule is Cc1c(Cl)cccc1N1C(=O)C(=O)/C(=C(\O)c2ccc3c(c2)CCCC3)C1c1ccncc1. The van der Waals surface area contributed by atoms with E-state index in [0.29, 0.717) is 27.4 Å². The van der Waals surface area contributed by atoms with Gasteiger partial charge in [0, 0.05) is 28.7 Å². The van der Waals surface area contributed by atoms with Crippen LogP contribution in [-0.4, -0.2) is 21.8 Å². The molecule has 1 aliphatic carbocycles. The zero-order chi connectivity index (χ0) is 23.1. The lowest BCUT2D eigenvalue weighted by molar-refractivity contribution is -0.132. The number of hydrogen-bond acceptors (Lipinski definition) is 4. The van der Waals surface area contributed by atoms with Crippen LogP contribution in [0, 0.1) is 6.92 Å². The van der Waals surface area contributed by atoms with Crippen LogP contribution in [-0.2, 0) is 22.4 Å². The van der Waals surface area contributed by atoms with Gasteiger partial charge in [-0.25, -0.2) is 0 Å². The molecule has 1 aromatic heterocycles. The number of nitrogens with zero attached hydrogens (tertiary/aromatic N) is 2. The number of Topliss-reactive ketones (excluding diaryl/α,β-unsaturated/α-hetero) is 1. The van der Waals surface area contributed by atoms with E-state index in [0.717, 1.165) is 25.7 Å². The molecule has 0 saturated carbocycles. The number of carbonyl (C=O) groups is 2. The molecule has 5 nitrogen and oxygen atoms in total. The number of aryl methyl sites for hydroxylation is 2. The largest absolute Gasteiger partial charge is 0.507 e. The van der Waals surface area contributed by atoms with Crippen LogP contribution >= 0.6 is 11.6 Å². The van der Waals surface area contributed by atoms with E-state index in [-0.39, 0.29) is 11.3 Å². The molecule has 2 heterocycles. The summed E-state index contributed by atoms with van der Waals surface area (Å²) in [7, 11) is 0. The summed E-state index contributed by atoms with van der Waals surface area (Å²) in [5, 5.41) is 11.9. The van der Waals surface area contributed by atoms with Crippen LogP contribution in [0.5, 0.6) is 0 Å². The molecule has 1 N–H and O–H groups in total. The van der Waals surface area contributed by atoms with Gasteiger partial charge in [0.25, 0.3) is 11.7 Å². The molecule has 5 rings (SSSR count). The first-order chi connectivity index (χ1) is 16.0. The molecule has 1 atom stereocenters. The topological polar surface area (TPSA) is 70.5 Å². The maximum absolute atomic E-state index is 13.3. The molecule has 0 bridgehead atoms. The Bertz CT molecular complexity index is 1300. The predicted molar refractivity (Wildman–Crippen MR) is 128 cm³/mol. The van der Waals surface area contributed by atoms with Crippen molar-refractivity contribution in [2.45, 2.75) is 38.6 Å². The summed E-state index contributed by atoms with van der Waals surface area (Å²) in [6.07, 6.45) is 7.45. The molecule has 2 aliphatic rings. The highest BCUT2D eigenvalue weighted by molar-refractivity contribution is 6.52. The van der Waals surface area contributed by atoms with Crippen molar-refractivity contribution < 1.29 is 14.7 Å². The third kappa shape index (κ3) is 3.62. The van der Waals surface area contributed by atoms with E-state index < -0.39 is 17.7 Å². The van der Waals surface area contributed by atoms with Crippen LogP contribution in [0.1, 0.15) is 46.7 Å². The number of anilines is 1. The van der Waals surface area contributed by atoms with Crippen LogP contribution in [0.4, 0.5) is 5.69 Å². The lowest BCUT2D eigenvalue weighted by atomic mass is 9.89. The summed E-state index contributed by atoms with van der Waals surface area (Å²) in [5.74, 6) is -1.57. The molecule has 3 aromatic rings. The van der Waals surface area contributed by atoms with Crippen molar-refractivity contribution in [3.63, 3.8) is 0 Å². The molecule has 33 heavy (non-hydrogen) atoms. The molecule has 1 amide bonds. The van der Waals surface area contributed by atoms with Gasteiger partial charge in [-0.05, 0) is 85.2 Å². The summed E-state index contributed by atoms with van der Waals surface area (Å²) < 4.78 is 0. The van der Waals surface area contributed by atoms with E-state index in [4.69, 9.17) is 11.6 Å². The minimum absolute atomic E-state index is 0.0707. The van der Waals surface area contributed by atoms with Gasteiger partial charge in [0.2, 0.25) is 0 Å². The second-order valence-corrected chi connectivity index (χ2v) is 8.93. The normalized spacial score (nSPS) is 19.6. The Balaban J connectivity index is 1.71. The van der Waals surface area contributed by atoms with E-state index in [9.17, 15) is 14.7 Å². The number of benzene rings is 2. The fourth-order valence-corrected chi connectivity index (χ4v) is 5.00. The number of pyridine rings is 1. The van der Waals surface area contributed by atoms with Crippen molar-refractivity contribution in [2.24, 2.45) is 0 Å². The van der Waals surface area contributed by atoms with E-state index in [2.05, 4.69) is 4.98 Å². The molecule has 0 spiro atoms. The first-order valence-corrected chi connectivity index (χ1v) is 11.4. The number of amides is 1. The van der Waals surface area contributed by atoms with Gasteiger partial charge < -0.3 is 5.11 Å². The Morgan fingerprint density at radius 3 is 2.52 bits per heavy atom. The second-order valence-electron chi connectivity index (χ2n) is 8.52. The van der Waals surface area contributed by atoms with Crippen molar-refractivity contribution in [1.82, 2.24) is 4.98 Å². The maximum atomic E-state index is 13.3. The average molecular weight is 459 g/mol. The summed E-state index contributed by atoms with van der Waals surface area (Å²) >= 11 is 6.34. The minimum Gasteiger partial charge on any atom is -0.507 e. The van der Waals surface area contributed by atoms with Gasteiger partial charge in [0.15, 0.2) is 0 Å². The third-order valence-electron chi connectivity index (χ3n) is 6.59. The van der Waals surface area contributed by atoms with Crippen LogP contribution < -0.4 is 4.90 Å². The van der Waals surface area contributed by atoms with Crippen molar-refractivity contribution in [3.05, 3.63) is 99.3 Å². The zero-order valence-corrected chi connectivity index (χ0v) is 19.0. The third-order valence-corrected chi connectivity index (χ3v) is 7.00. The summed E-state index contributed by atoms with van der Waals surface area (Å²) in [6.45, 7) is 1.81. The molecule has 6 heteroatoms. The molecule has 1 saturated heterocycles. The van der Waals surface area contributed by atoms with Gasteiger partial charge in [-0.3, -0.25) is 19.5 Å². The highest BCUT2D eigenvalue weighted by atomic mass is 35.5. The number of hydrogen-bond donors (Lipinski definition) is 1. The predicted octanol–water partition coefficient (Wildman–Crippen LogP) is 5.55. The Labute approximate surface area is 197 Å². The first kappa shape index (κ1) is 21.4. The van der Waals surface area contributed by atoms with Crippen LogP contribution in [0.3, 0.4) is 0 Å². The maximum Gasteiger partial charge on any atom is 0.300 e. The quantitative estimate of drug-likeness (QED) is 0.317. The summed E-state index contributed by atoms with van der Waals surface area (Å²) in [5.41, 5.74) is 4.99. The van der Waals surface area contributed by atoms with Crippen molar-refractivity contribution in [1.29, 1.82) is 0 Å². The number of ketones is 1. The number of fused-ring (bicyclic) bond motifs is 1. The van der Waals surface area contributed by atoms with Crippen molar-refractivity contribution in [3.8, 4) is 0 Å². The van der Waals surface area contributed by atoms with Gasteiger partial charge in [-0.1, -0.05) is 29.8 Å². The Morgan fingerprint density at radius 2 is 1.76 bits per heavy atom. The van der Waals surface area contributed by atoms with E-state index in [1.807, 2.05) is 25.1 Å². The molecule has 1 fully saturated rings. The monoisotopic (exact) mass is 458 g/mol. The van der Waals surface area contributed by atoms with Gasteiger partial charge in [0.1, 0.15) is 5.76 Å². The number of aliphatic hydroxyl groups excluding tert-OH is 1. The van der Waals surface area contributed by atoms with E-state index in [1.54, 1.807) is 42.7 Å². The van der Waals surface area contributed by atoms with Gasteiger partial charge in [0.05, 0.1) is 11.6 Å². The number of aliphatic hydroxyl groups is 1. The number of halogens is 1. The standard InChI is InChI=1S/C27H23ClN2O3/c1-16-21(28)7-4-8-22(16)30-24(18-11-13-29-14-12-18)23(26(32)27(30)33)25(31)20-10-9-17-5-2-3-6-19(17)15-20/h4,7-15,24,31H,2-3,5-6H2,1H3/b25-23-. The Hall–Kier alpha value is -3.44. The Kier molecular flexibility index (Phi) is 5.51. The van der Waals surface area contributed by atoms with Gasteiger partial charge >= 0.3 is 0 Å². The minimum atomic E-state index is -0.791. The Morgan fingerprint density at radius 1 is 1.03 bits per heavy atom. The smallest absolute Gasteiger partial charge is 0.300 e. The lowest BCUT2D eigenvalue weighted by Gasteiger charge is -2.27. The van der Waals surface area contributed by atoms with Gasteiger partial charge in [-0.2, -0.15) is 0 Å². The van der Waals surface area contributed by atoms with Gasteiger partial charge in [-0.15, -0.1) is 0 Å². The second kappa shape index (κ2) is 8.49. The van der Waals surface area contributed by atoms with Crippen molar-refractivity contribution >= 4 is 34.7 Å². The number of rotatable bonds is 3. The van der Waals surface area contributed by atoms with Crippen LogP contribution in [0.25, 0.3) is 5.76 Å². The molecule has 1 aliphatic heterocycles. The summed E-state index contributed by atoms with van der Waals surface area (Å²) in [6, 6.07) is 13.8. The van der Waals surface area contributed by atoms with E-state index in [1.165, 1.54) is 16.0 Å². The molecule has 0 radical (unpaired) electrons. The zero-order valence-electron chi connectivity index (χ0n) is 18.2. The number of aromatic nitrogens is 1. The van der Waals surface area contributed by atoms with Crippen LogP contribution in [0.15, 0.2) is 66.5 Å². The number of carbonyl (C=O) groups excluding carboxylic acids is 2. The lowest BCUT2D eigenvalue weighted by Crippen LogP contribution is -2.30. The highest BCUT2D eigenvalue weighted by Crippen LogP contribution is 2.44. The molecule has 2 aromatic carbocycles. The fourth-order valence-electron chi connectivity index (χ4n) is 4.84. The highest BCUT2D eigenvalue weighted by Gasteiger charge is 2.47. The first-order valence-electron chi connectivity index (χ1n) is 11.1. The molecule has 1 unspecified atom stereocenters. The average Bonchev–Trinajstić information content (AvgIpc) is 3.11. The summed E-state index contributed by atoms with van der Waals surface area (Å²) in [4.78, 5) is 32.1. The molecular formula is C27H23ClN2O3. The fraction of sp³-hybridized carbons (Fsp3) is 0.222.